The largest absolute Gasteiger partial charge is 0.329 e. The van der Waals surface area contributed by atoms with E-state index in [1.165, 1.54) is 0 Å². The summed E-state index contributed by atoms with van der Waals surface area (Å²) in [5, 5.41) is 12.1. The van der Waals surface area contributed by atoms with Crippen molar-refractivity contribution in [1.29, 1.82) is 0 Å². The quantitative estimate of drug-likeness (QED) is 0.545. The van der Waals surface area contributed by atoms with Crippen LogP contribution in [-0.2, 0) is 6.54 Å². The number of hydrogen-bond acceptors (Lipinski definition) is 5. The molecule has 0 saturated carbocycles. The van der Waals surface area contributed by atoms with E-state index in [-0.39, 0.29) is 0 Å². The summed E-state index contributed by atoms with van der Waals surface area (Å²) in [7, 11) is 0. The Morgan fingerprint density at radius 2 is 2.46 bits per heavy atom. The fourth-order valence-electron chi connectivity index (χ4n) is 0.750. The Bertz CT molecular complexity index is 282. The van der Waals surface area contributed by atoms with Gasteiger partial charge in [-0.25, -0.2) is 4.68 Å². The maximum Gasteiger partial charge on any atom is 0.209 e. The van der Waals surface area contributed by atoms with Crippen molar-refractivity contribution in [2.45, 2.75) is 18.6 Å². The molecule has 0 radical (unpaired) electrons. The first kappa shape index (κ1) is 10.2. The third-order valence-electron chi connectivity index (χ3n) is 1.29. The zero-order valence-electron chi connectivity index (χ0n) is 7.60. The minimum Gasteiger partial charge on any atom is -0.329 e. The van der Waals surface area contributed by atoms with Gasteiger partial charge in [0.25, 0.3) is 0 Å². The third-order valence-corrected chi connectivity index (χ3v) is 2.48. The van der Waals surface area contributed by atoms with E-state index in [1.54, 1.807) is 16.4 Å². The number of aromatic nitrogens is 4. The van der Waals surface area contributed by atoms with Crippen LogP contribution in [0.2, 0.25) is 0 Å². The van der Waals surface area contributed by atoms with Crippen LogP contribution in [0.3, 0.4) is 0 Å². The van der Waals surface area contributed by atoms with Crippen molar-refractivity contribution in [2.75, 3.05) is 12.3 Å². The average molecular weight is 199 g/mol. The van der Waals surface area contributed by atoms with Crippen LogP contribution in [0.4, 0.5) is 0 Å². The molecule has 13 heavy (non-hydrogen) atoms. The lowest BCUT2D eigenvalue weighted by molar-refractivity contribution is 0.557. The minimum absolute atomic E-state index is 0.547. The van der Waals surface area contributed by atoms with E-state index in [4.69, 9.17) is 5.73 Å². The first-order valence-electron chi connectivity index (χ1n) is 3.97. The lowest BCUT2D eigenvalue weighted by atomic mass is 10.4. The summed E-state index contributed by atoms with van der Waals surface area (Å²) in [5.74, 6) is 0.838. The van der Waals surface area contributed by atoms with Crippen LogP contribution in [0.15, 0.2) is 17.3 Å². The summed E-state index contributed by atoms with van der Waals surface area (Å²) < 4.78 is 1.70. The monoisotopic (exact) mass is 199 g/mol. The molecular weight excluding hydrogens is 186 g/mol. The van der Waals surface area contributed by atoms with Crippen molar-refractivity contribution < 1.29 is 0 Å². The molecule has 1 aromatic rings. The standard InChI is InChI=1S/C7H13N5S/c1-6(2)5-13-7-9-10-11-12(7)4-3-8/h1,3-5,8H2,2H3. The molecule has 0 spiro atoms. The maximum absolute atomic E-state index is 5.40. The summed E-state index contributed by atoms with van der Waals surface area (Å²) in [6.07, 6.45) is 0. The molecule has 0 saturated heterocycles. The summed E-state index contributed by atoms with van der Waals surface area (Å²) in [4.78, 5) is 0. The smallest absolute Gasteiger partial charge is 0.209 e. The molecule has 1 aromatic heterocycles. The molecule has 5 nitrogen and oxygen atoms in total. The van der Waals surface area contributed by atoms with Gasteiger partial charge in [0.1, 0.15) is 0 Å². The highest BCUT2D eigenvalue weighted by molar-refractivity contribution is 7.99. The fourth-order valence-corrected chi connectivity index (χ4v) is 1.50. The predicted octanol–water partition coefficient (Wildman–Crippen LogP) is 0.300. The first-order valence-corrected chi connectivity index (χ1v) is 4.96. The fraction of sp³-hybridized carbons (Fsp3) is 0.571. The Kier molecular flexibility index (Phi) is 3.91. The van der Waals surface area contributed by atoms with E-state index in [0.29, 0.717) is 13.1 Å². The van der Waals surface area contributed by atoms with Crippen molar-refractivity contribution in [3.63, 3.8) is 0 Å². The van der Waals surface area contributed by atoms with Gasteiger partial charge < -0.3 is 5.73 Å². The average Bonchev–Trinajstić information content (AvgIpc) is 2.49. The first-order chi connectivity index (χ1) is 6.24. The number of hydrogen-bond donors (Lipinski definition) is 1. The van der Waals surface area contributed by atoms with Crippen molar-refractivity contribution >= 4 is 11.8 Å². The maximum atomic E-state index is 5.40. The minimum atomic E-state index is 0.547. The lowest BCUT2D eigenvalue weighted by Gasteiger charge is -2.01. The Labute approximate surface area is 81.4 Å². The van der Waals surface area contributed by atoms with Crippen LogP contribution in [0, 0.1) is 0 Å². The number of rotatable bonds is 5. The molecule has 1 rings (SSSR count). The van der Waals surface area contributed by atoms with E-state index in [9.17, 15) is 0 Å². The van der Waals surface area contributed by atoms with Crippen molar-refractivity contribution in [1.82, 2.24) is 20.2 Å². The lowest BCUT2D eigenvalue weighted by Crippen LogP contribution is -2.12. The normalized spacial score (nSPS) is 10.3. The summed E-state index contributed by atoms with van der Waals surface area (Å²) in [5.41, 5.74) is 6.51. The molecule has 0 bridgehead atoms. The molecular formula is C7H13N5S. The molecule has 0 aliphatic carbocycles. The van der Waals surface area contributed by atoms with Gasteiger partial charge in [0, 0.05) is 12.3 Å². The molecule has 0 amide bonds. The molecule has 2 N–H and O–H groups in total. The number of thioether (sulfide) groups is 1. The summed E-state index contributed by atoms with van der Waals surface area (Å²) in [6, 6.07) is 0. The van der Waals surface area contributed by atoms with E-state index >= 15 is 0 Å². The molecule has 0 atom stereocenters. The van der Waals surface area contributed by atoms with E-state index < -0.39 is 0 Å². The highest BCUT2D eigenvalue weighted by Gasteiger charge is 2.04. The van der Waals surface area contributed by atoms with Crippen molar-refractivity contribution in [3.8, 4) is 0 Å². The second-order valence-corrected chi connectivity index (χ2v) is 3.66. The molecule has 0 fully saturated rings. The molecule has 0 aliphatic rings. The summed E-state index contributed by atoms with van der Waals surface area (Å²) in [6.45, 7) is 6.99. The molecule has 1 heterocycles. The van der Waals surface area contributed by atoms with Gasteiger partial charge >= 0.3 is 0 Å². The highest BCUT2D eigenvalue weighted by atomic mass is 32.2. The predicted molar refractivity (Wildman–Crippen MR) is 52.4 cm³/mol. The second kappa shape index (κ2) is 4.98. The molecule has 0 aliphatic heterocycles. The van der Waals surface area contributed by atoms with Crippen LogP contribution in [-0.4, -0.2) is 32.5 Å². The molecule has 6 heteroatoms. The molecule has 0 unspecified atom stereocenters. The van der Waals surface area contributed by atoms with E-state index in [2.05, 4.69) is 22.1 Å². The van der Waals surface area contributed by atoms with Crippen molar-refractivity contribution in [3.05, 3.63) is 12.2 Å². The topological polar surface area (TPSA) is 69.6 Å². The van der Waals surface area contributed by atoms with Gasteiger partial charge in [0.05, 0.1) is 6.54 Å². The van der Waals surface area contributed by atoms with Crippen LogP contribution >= 0.6 is 11.8 Å². The van der Waals surface area contributed by atoms with Gasteiger partial charge in [-0.1, -0.05) is 23.9 Å². The molecule has 0 aromatic carbocycles. The zero-order chi connectivity index (χ0) is 9.68. The third kappa shape index (κ3) is 3.16. The second-order valence-electron chi connectivity index (χ2n) is 2.72. The Balaban J connectivity index is 2.54. The van der Waals surface area contributed by atoms with Crippen LogP contribution in [0.1, 0.15) is 6.92 Å². The van der Waals surface area contributed by atoms with Crippen LogP contribution in [0.25, 0.3) is 0 Å². The van der Waals surface area contributed by atoms with E-state index in [1.807, 2.05) is 6.92 Å². The van der Waals surface area contributed by atoms with Crippen LogP contribution in [0.5, 0.6) is 0 Å². The van der Waals surface area contributed by atoms with Gasteiger partial charge in [-0.15, -0.1) is 5.10 Å². The van der Waals surface area contributed by atoms with Gasteiger partial charge in [-0.05, 0) is 17.4 Å². The number of nitrogens with two attached hydrogens (primary N) is 1. The van der Waals surface area contributed by atoms with E-state index in [0.717, 1.165) is 16.5 Å². The van der Waals surface area contributed by atoms with Crippen LogP contribution < -0.4 is 5.73 Å². The number of tetrazole rings is 1. The van der Waals surface area contributed by atoms with Gasteiger partial charge in [-0.3, -0.25) is 0 Å². The van der Waals surface area contributed by atoms with Gasteiger partial charge in [0.15, 0.2) is 0 Å². The number of nitrogens with zero attached hydrogens (tertiary/aromatic N) is 4. The van der Waals surface area contributed by atoms with Gasteiger partial charge in [0.2, 0.25) is 5.16 Å². The molecule has 72 valence electrons. The Morgan fingerprint density at radius 3 is 3.08 bits per heavy atom. The van der Waals surface area contributed by atoms with Gasteiger partial charge in [-0.2, -0.15) is 0 Å². The Morgan fingerprint density at radius 1 is 1.69 bits per heavy atom. The zero-order valence-corrected chi connectivity index (χ0v) is 8.42. The SMILES string of the molecule is C=C(C)CSc1nnnn1CCN. The van der Waals surface area contributed by atoms with Crippen molar-refractivity contribution in [2.24, 2.45) is 5.73 Å². The summed E-state index contributed by atoms with van der Waals surface area (Å²) >= 11 is 1.57. The Hall–Kier alpha value is -0.880. The highest BCUT2D eigenvalue weighted by Crippen LogP contribution is 2.15.